The van der Waals surface area contributed by atoms with Crippen LogP contribution in [-0.4, -0.2) is 50.0 Å². The number of benzene rings is 2. The largest absolute Gasteiger partial charge is 0.496 e. The molecule has 0 aliphatic carbocycles. The summed E-state index contributed by atoms with van der Waals surface area (Å²) < 4.78 is 10.3. The van der Waals surface area contributed by atoms with Crippen LogP contribution in [0.3, 0.4) is 0 Å². The topological polar surface area (TPSA) is 143 Å². The van der Waals surface area contributed by atoms with Gasteiger partial charge in [-0.1, -0.05) is 20.8 Å². The molecule has 5 amide bonds. The molecule has 1 aliphatic heterocycles. The van der Waals surface area contributed by atoms with Crippen molar-refractivity contribution < 1.29 is 33.4 Å². The van der Waals surface area contributed by atoms with E-state index in [2.05, 4.69) is 20.7 Å². The summed E-state index contributed by atoms with van der Waals surface area (Å²) in [4.78, 5) is 62.1. The average molecular weight is 511 g/mol. The number of rotatable bonds is 7. The third-order valence-electron chi connectivity index (χ3n) is 5.49. The van der Waals surface area contributed by atoms with E-state index in [1.807, 2.05) is 20.8 Å². The SMILES string of the molecule is COc1c(C(=O)Nc2ccc(NC(=O)COC(C)=O)cc2)cc(N2C(=O)CCNC2=O)cc1C(C)(C)C. The first-order valence-corrected chi connectivity index (χ1v) is 11.6. The normalized spacial score (nSPS) is 13.5. The van der Waals surface area contributed by atoms with Gasteiger partial charge in [0.25, 0.3) is 11.8 Å². The van der Waals surface area contributed by atoms with E-state index in [-0.39, 0.29) is 30.1 Å². The molecule has 11 heteroatoms. The molecular formula is C26H30N4O7. The number of carbonyl (C=O) groups excluding carboxylic acids is 5. The fraction of sp³-hybridized carbons (Fsp3) is 0.346. The standard InChI is InChI=1S/C26H30N4O7/c1-15(31)37-14-21(32)28-16-6-8-17(9-7-16)29-24(34)19-12-18(30-22(33)10-11-27-25(30)35)13-20(23(19)36-5)26(2,3)4/h6-9,12-13H,10-11,14H2,1-5H3,(H,27,35)(H,28,32)(H,29,34). The van der Waals surface area contributed by atoms with Gasteiger partial charge in [0.1, 0.15) is 5.75 Å². The zero-order valence-corrected chi connectivity index (χ0v) is 21.4. The third kappa shape index (κ3) is 6.63. The van der Waals surface area contributed by atoms with Crippen LogP contribution in [0.4, 0.5) is 21.9 Å². The highest BCUT2D eigenvalue weighted by molar-refractivity contribution is 6.17. The van der Waals surface area contributed by atoms with Gasteiger partial charge in [-0.15, -0.1) is 0 Å². The van der Waals surface area contributed by atoms with Crippen molar-refractivity contribution in [1.29, 1.82) is 0 Å². The van der Waals surface area contributed by atoms with E-state index in [0.29, 0.717) is 22.7 Å². The van der Waals surface area contributed by atoms with Crippen molar-refractivity contribution in [2.75, 3.05) is 35.8 Å². The lowest BCUT2D eigenvalue weighted by Gasteiger charge is -2.30. The van der Waals surface area contributed by atoms with Crippen LogP contribution in [0.1, 0.15) is 50.0 Å². The number of ether oxygens (including phenoxy) is 2. The molecule has 11 nitrogen and oxygen atoms in total. The van der Waals surface area contributed by atoms with Crippen molar-refractivity contribution in [2.24, 2.45) is 0 Å². The van der Waals surface area contributed by atoms with Crippen molar-refractivity contribution in [3.05, 3.63) is 47.5 Å². The average Bonchev–Trinajstić information content (AvgIpc) is 2.82. The minimum atomic E-state index is -0.562. The summed E-state index contributed by atoms with van der Waals surface area (Å²) in [7, 11) is 1.45. The van der Waals surface area contributed by atoms with Crippen LogP contribution in [0.5, 0.6) is 5.75 Å². The number of amides is 5. The Bertz CT molecular complexity index is 1220. The Labute approximate surface area is 214 Å². The molecule has 0 radical (unpaired) electrons. The number of anilines is 3. The van der Waals surface area contributed by atoms with E-state index in [0.717, 1.165) is 4.90 Å². The van der Waals surface area contributed by atoms with Gasteiger partial charge in [-0.3, -0.25) is 19.2 Å². The van der Waals surface area contributed by atoms with Crippen molar-refractivity contribution in [1.82, 2.24) is 5.32 Å². The van der Waals surface area contributed by atoms with Gasteiger partial charge >= 0.3 is 12.0 Å². The summed E-state index contributed by atoms with van der Waals surface area (Å²) >= 11 is 0. The second-order valence-electron chi connectivity index (χ2n) is 9.40. The summed E-state index contributed by atoms with van der Waals surface area (Å²) in [5.41, 5.74) is 1.46. The van der Waals surface area contributed by atoms with E-state index < -0.39 is 35.8 Å². The minimum Gasteiger partial charge on any atom is -0.496 e. The van der Waals surface area contributed by atoms with E-state index in [4.69, 9.17) is 4.74 Å². The summed E-state index contributed by atoms with van der Waals surface area (Å²) in [5.74, 6) is -1.62. The molecule has 3 rings (SSSR count). The van der Waals surface area contributed by atoms with Gasteiger partial charge in [0.05, 0.1) is 18.4 Å². The lowest BCUT2D eigenvalue weighted by molar-refractivity contribution is -0.144. The van der Waals surface area contributed by atoms with Crippen LogP contribution in [-0.2, 0) is 24.5 Å². The maximum atomic E-state index is 13.4. The Kier molecular flexibility index (Phi) is 8.16. The second kappa shape index (κ2) is 11.1. The molecule has 0 aromatic heterocycles. The van der Waals surface area contributed by atoms with Gasteiger partial charge in [-0.2, -0.15) is 0 Å². The Balaban J connectivity index is 1.90. The number of carbonyl (C=O) groups is 5. The zero-order valence-electron chi connectivity index (χ0n) is 21.4. The van der Waals surface area contributed by atoms with E-state index >= 15 is 0 Å². The summed E-state index contributed by atoms with van der Waals surface area (Å²) in [5, 5.41) is 8.01. The Morgan fingerprint density at radius 1 is 1.03 bits per heavy atom. The number of hydrogen-bond acceptors (Lipinski definition) is 7. The molecule has 0 saturated carbocycles. The van der Waals surface area contributed by atoms with Gasteiger partial charge < -0.3 is 25.4 Å². The number of urea groups is 1. The molecule has 1 saturated heterocycles. The molecule has 2 aromatic rings. The van der Waals surface area contributed by atoms with E-state index in [9.17, 15) is 24.0 Å². The first kappa shape index (κ1) is 27.2. The Hall–Kier alpha value is -4.41. The number of methoxy groups -OCH3 is 1. The van der Waals surface area contributed by atoms with Crippen LogP contribution in [0.25, 0.3) is 0 Å². The minimum absolute atomic E-state index is 0.147. The zero-order chi connectivity index (χ0) is 27.3. The second-order valence-corrected chi connectivity index (χ2v) is 9.40. The highest BCUT2D eigenvalue weighted by atomic mass is 16.5. The molecule has 1 heterocycles. The third-order valence-corrected chi connectivity index (χ3v) is 5.49. The molecule has 3 N–H and O–H groups in total. The highest BCUT2D eigenvalue weighted by Crippen LogP contribution is 2.38. The number of hydrogen-bond donors (Lipinski definition) is 3. The smallest absolute Gasteiger partial charge is 0.328 e. The molecule has 2 aromatic carbocycles. The van der Waals surface area contributed by atoms with Gasteiger partial charge in [-0.25, -0.2) is 9.69 Å². The quantitative estimate of drug-likeness (QED) is 0.486. The summed E-state index contributed by atoms with van der Waals surface area (Å²) in [6.45, 7) is 6.86. The molecular weight excluding hydrogens is 480 g/mol. The fourth-order valence-corrected chi connectivity index (χ4v) is 3.73. The van der Waals surface area contributed by atoms with Crippen molar-refractivity contribution >= 4 is 46.8 Å². The van der Waals surface area contributed by atoms with Crippen LogP contribution < -0.4 is 25.6 Å². The first-order valence-electron chi connectivity index (χ1n) is 11.6. The first-order chi connectivity index (χ1) is 17.4. The van der Waals surface area contributed by atoms with E-state index in [1.165, 1.54) is 20.1 Å². The predicted octanol–water partition coefficient (Wildman–Crippen LogP) is 3.19. The van der Waals surface area contributed by atoms with Crippen molar-refractivity contribution in [3.8, 4) is 5.75 Å². The molecule has 0 spiro atoms. The van der Waals surface area contributed by atoms with Crippen LogP contribution in [0, 0.1) is 0 Å². The predicted molar refractivity (Wildman–Crippen MR) is 137 cm³/mol. The number of nitrogens with zero attached hydrogens (tertiary/aromatic N) is 1. The molecule has 37 heavy (non-hydrogen) atoms. The molecule has 0 bridgehead atoms. The van der Waals surface area contributed by atoms with Crippen molar-refractivity contribution in [2.45, 2.75) is 39.5 Å². The number of esters is 1. The van der Waals surface area contributed by atoms with Crippen LogP contribution >= 0.6 is 0 Å². The van der Waals surface area contributed by atoms with E-state index in [1.54, 1.807) is 30.3 Å². The molecule has 0 atom stereocenters. The van der Waals surface area contributed by atoms with Crippen LogP contribution in [0.2, 0.25) is 0 Å². The lowest BCUT2D eigenvalue weighted by Crippen LogP contribution is -2.50. The van der Waals surface area contributed by atoms with Gasteiger partial charge in [0.2, 0.25) is 5.91 Å². The summed E-state index contributed by atoms with van der Waals surface area (Å²) in [6.07, 6.45) is 0.147. The number of imide groups is 1. The lowest BCUT2D eigenvalue weighted by atomic mass is 9.84. The van der Waals surface area contributed by atoms with Gasteiger partial charge in [-0.05, 0) is 41.8 Å². The maximum absolute atomic E-state index is 13.4. The highest BCUT2D eigenvalue weighted by Gasteiger charge is 2.32. The van der Waals surface area contributed by atoms with Crippen molar-refractivity contribution in [3.63, 3.8) is 0 Å². The molecule has 0 unspecified atom stereocenters. The monoisotopic (exact) mass is 510 g/mol. The molecule has 1 aliphatic rings. The maximum Gasteiger partial charge on any atom is 0.328 e. The van der Waals surface area contributed by atoms with Gasteiger partial charge in [0.15, 0.2) is 6.61 Å². The molecule has 196 valence electrons. The summed E-state index contributed by atoms with van der Waals surface area (Å²) in [6, 6.07) is 8.91. The molecule has 1 fully saturated rings. The van der Waals surface area contributed by atoms with Gasteiger partial charge in [0, 0.05) is 36.8 Å². The Morgan fingerprint density at radius 3 is 2.19 bits per heavy atom. The van der Waals surface area contributed by atoms with Crippen LogP contribution in [0.15, 0.2) is 36.4 Å². The fourth-order valence-electron chi connectivity index (χ4n) is 3.73. The number of nitrogens with one attached hydrogen (secondary N) is 3. The Morgan fingerprint density at radius 2 is 1.65 bits per heavy atom.